The first-order valence-electron chi connectivity index (χ1n) is 10.8. The van der Waals surface area contributed by atoms with Gasteiger partial charge in [-0.15, -0.1) is 0 Å². The third-order valence-electron chi connectivity index (χ3n) is 5.71. The molecule has 1 aromatic heterocycles. The van der Waals surface area contributed by atoms with Crippen molar-refractivity contribution >= 4 is 17.5 Å². The summed E-state index contributed by atoms with van der Waals surface area (Å²) in [6.45, 7) is 9.05. The molecule has 0 radical (unpaired) electrons. The molecule has 3 aromatic rings. The van der Waals surface area contributed by atoms with E-state index in [1.54, 1.807) is 0 Å². The lowest BCUT2D eigenvalue weighted by atomic mass is 10.1. The smallest absolute Gasteiger partial charge is 0.253 e. The van der Waals surface area contributed by atoms with Gasteiger partial charge in [0.25, 0.3) is 5.91 Å². The Kier molecular flexibility index (Phi) is 7.29. The van der Waals surface area contributed by atoms with Gasteiger partial charge in [0.05, 0.1) is 5.56 Å². The van der Waals surface area contributed by atoms with Gasteiger partial charge < -0.3 is 15.2 Å². The summed E-state index contributed by atoms with van der Waals surface area (Å²) in [4.78, 5) is 25.0. The van der Waals surface area contributed by atoms with E-state index >= 15 is 0 Å². The fourth-order valence-electron chi connectivity index (χ4n) is 3.53. The molecule has 31 heavy (non-hydrogen) atoms. The van der Waals surface area contributed by atoms with Gasteiger partial charge in [0.2, 0.25) is 5.91 Å². The molecule has 5 heteroatoms. The van der Waals surface area contributed by atoms with Crippen molar-refractivity contribution in [3.05, 3.63) is 88.7 Å². The minimum Gasteiger partial charge on any atom is -0.348 e. The second kappa shape index (κ2) is 10.1. The highest BCUT2D eigenvalue weighted by molar-refractivity contribution is 5.95. The lowest BCUT2D eigenvalue weighted by Crippen LogP contribution is -2.23. The Morgan fingerprint density at radius 2 is 1.68 bits per heavy atom. The van der Waals surface area contributed by atoms with Gasteiger partial charge in [-0.25, -0.2) is 0 Å². The highest BCUT2D eigenvalue weighted by Crippen LogP contribution is 2.18. The molecule has 1 heterocycles. The Morgan fingerprint density at radius 3 is 2.39 bits per heavy atom. The van der Waals surface area contributed by atoms with Crippen LogP contribution >= 0.6 is 0 Å². The monoisotopic (exact) mass is 417 g/mol. The molecule has 2 N–H and O–H groups in total. The van der Waals surface area contributed by atoms with Crippen LogP contribution in [0.25, 0.3) is 0 Å². The molecule has 0 spiro atoms. The van der Waals surface area contributed by atoms with Gasteiger partial charge >= 0.3 is 0 Å². The van der Waals surface area contributed by atoms with Crippen LogP contribution in [-0.4, -0.2) is 16.4 Å². The van der Waals surface area contributed by atoms with Crippen LogP contribution in [0.2, 0.25) is 0 Å². The molecule has 5 nitrogen and oxygen atoms in total. The molecule has 2 aromatic carbocycles. The maximum absolute atomic E-state index is 12.9. The van der Waals surface area contributed by atoms with Gasteiger partial charge in [-0.05, 0) is 49.6 Å². The zero-order valence-electron chi connectivity index (χ0n) is 18.7. The number of carbonyl (C=O) groups excluding carboxylic acids is 2. The molecular formula is C26H31N3O2. The summed E-state index contributed by atoms with van der Waals surface area (Å²) >= 11 is 0. The van der Waals surface area contributed by atoms with Gasteiger partial charge in [0, 0.05) is 36.1 Å². The topological polar surface area (TPSA) is 63.1 Å². The standard InChI is InChI=1S/C26H31N3O2/c1-5-18(2)25(30)28-23-13-9-12-22(15-23)16-27-26(31)24-14-19(3)29(20(24)4)17-21-10-7-6-8-11-21/h6-15,18H,5,16-17H2,1-4H3,(H,27,31)(H,28,30). The number of nitrogens with one attached hydrogen (secondary N) is 2. The lowest BCUT2D eigenvalue weighted by Gasteiger charge is -2.12. The number of carbonyl (C=O) groups is 2. The van der Waals surface area contributed by atoms with Crippen molar-refractivity contribution in [3.63, 3.8) is 0 Å². The average molecular weight is 418 g/mol. The minimum atomic E-state index is -0.0959. The van der Waals surface area contributed by atoms with E-state index in [4.69, 9.17) is 0 Å². The number of benzene rings is 2. The minimum absolute atomic E-state index is 0.00883. The molecule has 162 valence electrons. The first-order chi connectivity index (χ1) is 14.9. The van der Waals surface area contributed by atoms with E-state index in [2.05, 4.69) is 27.3 Å². The number of hydrogen-bond donors (Lipinski definition) is 2. The van der Waals surface area contributed by atoms with E-state index in [9.17, 15) is 9.59 Å². The van der Waals surface area contributed by atoms with Crippen molar-refractivity contribution in [2.45, 2.75) is 47.2 Å². The molecule has 0 saturated carbocycles. The first kappa shape index (κ1) is 22.3. The molecule has 1 unspecified atom stereocenters. The van der Waals surface area contributed by atoms with Gasteiger partial charge in [0.1, 0.15) is 0 Å². The van der Waals surface area contributed by atoms with Crippen LogP contribution in [0.5, 0.6) is 0 Å². The van der Waals surface area contributed by atoms with Crippen LogP contribution < -0.4 is 10.6 Å². The van der Waals surface area contributed by atoms with Crippen LogP contribution in [0.1, 0.15) is 53.1 Å². The van der Waals surface area contributed by atoms with Crippen molar-refractivity contribution in [1.29, 1.82) is 0 Å². The second-order valence-corrected chi connectivity index (χ2v) is 8.04. The zero-order chi connectivity index (χ0) is 22.4. The molecular weight excluding hydrogens is 386 g/mol. The number of hydrogen-bond acceptors (Lipinski definition) is 2. The van der Waals surface area contributed by atoms with Gasteiger partial charge in [-0.1, -0.05) is 56.3 Å². The van der Waals surface area contributed by atoms with Crippen molar-refractivity contribution in [1.82, 2.24) is 9.88 Å². The van der Waals surface area contributed by atoms with Crippen molar-refractivity contribution in [2.75, 3.05) is 5.32 Å². The predicted molar refractivity (Wildman–Crippen MR) is 125 cm³/mol. The summed E-state index contributed by atoms with van der Waals surface area (Å²) < 4.78 is 2.16. The maximum atomic E-state index is 12.9. The van der Waals surface area contributed by atoms with E-state index in [1.165, 1.54) is 5.56 Å². The van der Waals surface area contributed by atoms with Crippen LogP contribution in [0, 0.1) is 19.8 Å². The van der Waals surface area contributed by atoms with Crippen molar-refractivity contribution in [3.8, 4) is 0 Å². The van der Waals surface area contributed by atoms with Crippen LogP contribution in [0.4, 0.5) is 5.69 Å². The Labute approximate surface area is 184 Å². The summed E-state index contributed by atoms with van der Waals surface area (Å²) in [6.07, 6.45) is 0.796. The summed E-state index contributed by atoms with van der Waals surface area (Å²) in [6, 6.07) is 19.8. The normalized spacial score (nSPS) is 11.7. The molecule has 0 aliphatic rings. The number of nitrogens with zero attached hydrogens (tertiary/aromatic N) is 1. The van der Waals surface area contributed by atoms with Gasteiger partial charge in [0.15, 0.2) is 0 Å². The average Bonchev–Trinajstić information content (AvgIpc) is 3.06. The Balaban J connectivity index is 1.66. The molecule has 0 saturated heterocycles. The zero-order valence-corrected chi connectivity index (χ0v) is 18.7. The Hall–Kier alpha value is -3.34. The Morgan fingerprint density at radius 1 is 0.968 bits per heavy atom. The SMILES string of the molecule is CCC(C)C(=O)Nc1cccc(CNC(=O)c2cc(C)n(Cc3ccccc3)c2C)c1. The lowest BCUT2D eigenvalue weighted by molar-refractivity contribution is -0.119. The van der Waals surface area contributed by atoms with Gasteiger partial charge in [-0.3, -0.25) is 9.59 Å². The van der Waals surface area contributed by atoms with Crippen molar-refractivity contribution < 1.29 is 9.59 Å². The maximum Gasteiger partial charge on any atom is 0.253 e. The molecule has 0 bridgehead atoms. The molecule has 0 aliphatic heterocycles. The van der Waals surface area contributed by atoms with Crippen LogP contribution in [0.15, 0.2) is 60.7 Å². The van der Waals surface area contributed by atoms with E-state index < -0.39 is 0 Å². The third kappa shape index (κ3) is 5.63. The molecule has 2 amide bonds. The summed E-state index contributed by atoms with van der Waals surface area (Å²) in [5.41, 5.74) is 5.59. The highest BCUT2D eigenvalue weighted by atomic mass is 16.2. The highest BCUT2D eigenvalue weighted by Gasteiger charge is 2.16. The fourth-order valence-corrected chi connectivity index (χ4v) is 3.53. The molecule has 3 rings (SSSR count). The van der Waals surface area contributed by atoms with E-state index in [0.29, 0.717) is 12.1 Å². The van der Waals surface area contributed by atoms with E-state index in [1.807, 2.05) is 76.2 Å². The predicted octanol–water partition coefficient (Wildman–Crippen LogP) is 5.07. The van der Waals surface area contributed by atoms with E-state index in [0.717, 1.165) is 35.6 Å². The largest absolute Gasteiger partial charge is 0.348 e. The number of aromatic nitrogens is 1. The Bertz CT molecular complexity index is 1050. The summed E-state index contributed by atoms with van der Waals surface area (Å²) in [5, 5.41) is 5.95. The summed E-state index contributed by atoms with van der Waals surface area (Å²) in [7, 11) is 0. The van der Waals surface area contributed by atoms with Gasteiger partial charge in [-0.2, -0.15) is 0 Å². The second-order valence-electron chi connectivity index (χ2n) is 8.04. The molecule has 0 aliphatic carbocycles. The number of amides is 2. The summed E-state index contributed by atoms with van der Waals surface area (Å²) in [5.74, 6) is -0.120. The first-order valence-corrected chi connectivity index (χ1v) is 10.8. The van der Waals surface area contributed by atoms with Crippen LogP contribution in [-0.2, 0) is 17.9 Å². The number of aryl methyl sites for hydroxylation is 1. The molecule has 0 fully saturated rings. The van der Waals surface area contributed by atoms with E-state index in [-0.39, 0.29) is 17.7 Å². The number of anilines is 1. The van der Waals surface area contributed by atoms with Crippen LogP contribution in [0.3, 0.4) is 0 Å². The third-order valence-corrected chi connectivity index (χ3v) is 5.71. The number of rotatable bonds is 8. The fraction of sp³-hybridized carbons (Fsp3) is 0.308. The van der Waals surface area contributed by atoms with Crippen molar-refractivity contribution in [2.24, 2.45) is 5.92 Å². The quantitative estimate of drug-likeness (QED) is 0.538. The molecule has 1 atom stereocenters.